The number of hydrogen-bond acceptors (Lipinski definition) is 2. The minimum Gasteiger partial charge on any atom is -0.317 e. The number of hydrogen-bond donors (Lipinski definition) is 1. The Kier molecular flexibility index (Phi) is 5.03. The highest BCUT2D eigenvalue weighted by Crippen LogP contribution is 2.35. The minimum absolute atomic E-state index is 0.00752. The number of carbonyl (C=O) groups is 1. The van der Waals surface area contributed by atoms with Crippen LogP contribution in [0.1, 0.15) is 45.4 Å². The summed E-state index contributed by atoms with van der Waals surface area (Å²) in [5.74, 6) is 0.480. The van der Waals surface area contributed by atoms with Gasteiger partial charge in [-0.2, -0.15) is 0 Å². The minimum atomic E-state index is -0.00752. The quantitative estimate of drug-likeness (QED) is 0.538. The highest BCUT2D eigenvalue weighted by atomic mass is 16.1. The molecule has 2 heteroatoms. The third-order valence-corrected chi connectivity index (χ3v) is 3.64. The van der Waals surface area contributed by atoms with Crippen molar-refractivity contribution < 1.29 is 4.79 Å². The number of unbranched alkanes of at least 4 members (excludes halogenated alkanes) is 1. The van der Waals surface area contributed by atoms with Crippen molar-refractivity contribution in [3.8, 4) is 0 Å². The summed E-state index contributed by atoms with van der Waals surface area (Å²) in [5.41, 5.74) is -0.00752. The molecule has 0 aromatic carbocycles. The van der Waals surface area contributed by atoms with Gasteiger partial charge in [0.1, 0.15) is 5.78 Å². The number of Topliss-reactive ketones (excluding diaryl/α,β-unsaturated/α-hetero) is 1. The predicted octanol–water partition coefficient (Wildman–Crippen LogP) is 2.69. The molecule has 1 fully saturated rings. The van der Waals surface area contributed by atoms with Gasteiger partial charge in [-0.3, -0.25) is 4.79 Å². The zero-order valence-corrected chi connectivity index (χ0v) is 9.85. The van der Waals surface area contributed by atoms with E-state index in [1.54, 1.807) is 0 Å². The van der Waals surface area contributed by atoms with Gasteiger partial charge < -0.3 is 5.32 Å². The molecule has 86 valence electrons. The Balaban J connectivity index is 2.48. The molecule has 1 rings (SSSR count). The van der Waals surface area contributed by atoms with E-state index in [1.165, 1.54) is 0 Å². The Hall–Kier alpha value is -0.630. The molecule has 0 aromatic rings. The van der Waals surface area contributed by atoms with Crippen LogP contribution in [0.4, 0.5) is 0 Å². The van der Waals surface area contributed by atoms with Crippen molar-refractivity contribution in [3.05, 3.63) is 12.7 Å². The Bertz CT molecular complexity index is 217. The number of carbonyl (C=O) groups excluding carboxylic acids is 1. The molecular weight excluding hydrogens is 186 g/mol. The molecule has 1 N–H and O–H groups in total. The molecule has 1 aliphatic heterocycles. The van der Waals surface area contributed by atoms with Crippen molar-refractivity contribution in [2.24, 2.45) is 5.41 Å². The third kappa shape index (κ3) is 3.16. The van der Waals surface area contributed by atoms with E-state index in [0.29, 0.717) is 5.78 Å². The fourth-order valence-corrected chi connectivity index (χ4v) is 2.41. The summed E-state index contributed by atoms with van der Waals surface area (Å²) in [7, 11) is 0. The topological polar surface area (TPSA) is 29.1 Å². The van der Waals surface area contributed by atoms with Crippen LogP contribution in [-0.2, 0) is 4.79 Å². The molecule has 0 amide bonds. The lowest BCUT2D eigenvalue weighted by molar-refractivity contribution is -0.130. The van der Waals surface area contributed by atoms with Gasteiger partial charge in [0.25, 0.3) is 0 Å². The smallest absolute Gasteiger partial charge is 0.139 e. The van der Waals surface area contributed by atoms with E-state index in [1.807, 2.05) is 6.08 Å². The average molecular weight is 209 g/mol. The molecule has 0 aromatic heterocycles. The van der Waals surface area contributed by atoms with Crippen LogP contribution in [0.15, 0.2) is 12.7 Å². The first-order chi connectivity index (χ1) is 7.25. The van der Waals surface area contributed by atoms with Gasteiger partial charge in [0.05, 0.1) is 0 Å². The first kappa shape index (κ1) is 12.4. The van der Waals surface area contributed by atoms with Crippen LogP contribution in [0, 0.1) is 5.41 Å². The second-order valence-electron chi connectivity index (χ2n) is 4.49. The van der Waals surface area contributed by atoms with Crippen molar-refractivity contribution in [2.75, 3.05) is 13.1 Å². The monoisotopic (exact) mass is 209 g/mol. The van der Waals surface area contributed by atoms with Gasteiger partial charge in [-0.15, -0.1) is 6.58 Å². The SMILES string of the molecule is C=CCCCC(=O)C1(CC)CCNCC1. The summed E-state index contributed by atoms with van der Waals surface area (Å²) >= 11 is 0. The molecule has 0 radical (unpaired) electrons. The zero-order valence-electron chi connectivity index (χ0n) is 9.85. The molecule has 0 spiro atoms. The maximum absolute atomic E-state index is 12.2. The molecule has 0 unspecified atom stereocenters. The van der Waals surface area contributed by atoms with Crippen LogP contribution in [0.5, 0.6) is 0 Å². The lowest BCUT2D eigenvalue weighted by Crippen LogP contribution is -2.41. The third-order valence-electron chi connectivity index (χ3n) is 3.64. The molecular formula is C13H23NO. The van der Waals surface area contributed by atoms with Gasteiger partial charge in [0.2, 0.25) is 0 Å². The molecule has 0 bridgehead atoms. The Labute approximate surface area is 93.1 Å². The molecule has 0 saturated carbocycles. The molecule has 15 heavy (non-hydrogen) atoms. The second kappa shape index (κ2) is 6.06. The number of nitrogens with one attached hydrogen (secondary N) is 1. The Morgan fingerprint density at radius 1 is 1.47 bits per heavy atom. The highest BCUT2D eigenvalue weighted by molar-refractivity contribution is 5.84. The predicted molar refractivity (Wildman–Crippen MR) is 63.9 cm³/mol. The van der Waals surface area contributed by atoms with E-state index in [-0.39, 0.29) is 5.41 Å². The first-order valence-electron chi connectivity index (χ1n) is 6.10. The van der Waals surface area contributed by atoms with Gasteiger partial charge in [-0.05, 0) is 45.2 Å². The maximum atomic E-state index is 12.2. The molecule has 2 nitrogen and oxygen atoms in total. The number of allylic oxidation sites excluding steroid dienone is 1. The Morgan fingerprint density at radius 2 is 2.13 bits per heavy atom. The normalized spacial score (nSPS) is 19.8. The number of rotatable bonds is 6. The van der Waals surface area contributed by atoms with Crippen molar-refractivity contribution >= 4 is 5.78 Å². The molecule has 0 aliphatic carbocycles. The van der Waals surface area contributed by atoms with E-state index in [9.17, 15) is 4.79 Å². The van der Waals surface area contributed by atoms with Gasteiger partial charge in [-0.25, -0.2) is 0 Å². The van der Waals surface area contributed by atoms with Gasteiger partial charge >= 0.3 is 0 Å². The van der Waals surface area contributed by atoms with E-state index in [2.05, 4.69) is 18.8 Å². The standard InChI is InChI=1S/C13H23NO/c1-3-5-6-7-12(15)13(4-2)8-10-14-11-9-13/h3,14H,1,4-11H2,2H3. The average Bonchev–Trinajstić information content (AvgIpc) is 2.30. The lowest BCUT2D eigenvalue weighted by atomic mass is 9.72. The zero-order chi connectivity index (χ0) is 11.1. The maximum Gasteiger partial charge on any atom is 0.139 e. The van der Waals surface area contributed by atoms with Crippen LogP contribution in [0.2, 0.25) is 0 Å². The molecule has 0 atom stereocenters. The number of ketones is 1. The van der Waals surface area contributed by atoms with Gasteiger partial charge in [0, 0.05) is 11.8 Å². The summed E-state index contributed by atoms with van der Waals surface area (Å²) < 4.78 is 0. The van der Waals surface area contributed by atoms with Crippen molar-refractivity contribution in [3.63, 3.8) is 0 Å². The molecule has 1 saturated heterocycles. The summed E-state index contributed by atoms with van der Waals surface area (Å²) in [4.78, 5) is 12.2. The first-order valence-corrected chi connectivity index (χ1v) is 6.10. The fourth-order valence-electron chi connectivity index (χ4n) is 2.41. The second-order valence-corrected chi connectivity index (χ2v) is 4.49. The number of piperidine rings is 1. The van der Waals surface area contributed by atoms with Gasteiger partial charge in [-0.1, -0.05) is 13.0 Å². The van der Waals surface area contributed by atoms with Crippen LogP contribution in [0.3, 0.4) is 0 Å². The molecule has 1 heterocycles. The van der Waals surface area contributed by atoms with Crippen LogP contribution >= 0.6 is 0 Å². The highest BCUT2D eigenvalue weighted by Gasteiger charge is 2.36. The molecule has 1 aliphatic rings. The van der Waals surface area contributed by atoms with Gasteiger partial charge in [0.15, 0.2) is 0 Å². The summed E-state index contributed by atoms with van der Waals surface area (Å²) in [6.45, 7) is 7.84. The Morgan fingerprint density at radius 3 is 2.67 bits per heavy atom. The van der Waals surface area contributed by atoms with Crippen LogP contribution in [0.25, 0.3) is 0 Å². The summed E-state index contributed by atoms with van der Waals surface area (Å²) in [5, 5.41) is 3.33. The van der Waals surface area contributed by atoms with Crippen LogP contribution < -0.4 is 5.32 Å². The van der Waals surface area contributed by atoms with Crippen molar-refractivity contribution in [2.45, 2.75) is 45.4 Å². The fraction of sp³-hybridized carbons (Fsp3) is 0.769. The van der Waals surface area contributed by atoms with Crippen LogP contribution in [-0.4, -0.2) is 18.9 Å². The summed E-state index contributed by atoms with van der Waals surface area (Å²) in [6, 6.07) is 0. The lowest BCUT2D eigenvalue weighted by Gasteiger charge is -2.35. The van der Waals surface area contributed by atoms with E-state index < -0.39 is 0 Å². The van der Waals surface area contributed by atoms with Crippen molar-refractivity contribution in [1.82, 2.24) is 5.32 Å². The largest absolute Gasteiger partial charge is 0.317 e. The van der Waals surface area contributed by atoms with E-state index in [4.69, 9.17) is 0 Å². The van der Waals surface area contributed by atoms with E-state index >= 15 is 0 Å². The van der Waals surface area contributed by atoms with Crippen molar-refractivity contribution in [1.29, 1.82) is 0 Å². The summed E-state index contributed by atoms with van der Waals surface area (Å²) in [6.07, 6.45) is 7.62. The van der Waals surface area contributed by atoms with E-state index in [0.717, 1.165) is 51.6 Å².